The van der Waals surface area contributed by atoms with Crippen molar-refractivity contribution < 1.29 is 19.0 Å². The third-order valence-electron chi connectivity index (χ3n) is 3.48. The minimum Gasteiger partial charge on any atom is -0.476 e. The Balaban J connectivity index is 1.92. The molecule has 0 saturated heterocycles. The molecule has 0 aliphatic rings. The molecule has 1 aromatic carbocycles. The van der Waals surface area contributed by atoms with Gasteiger partial charge in [0.05, 0.1) is 0 Å². The van der Waals surface area contributed by atoms with Crippen LogP contribution in [0.3, 0.4) is 0 Å². The Morgan fingerprint density at radius 1 is 1.21 bits per heavy atom. The zero-order valence-electron chi connectivity index (χ0n) is 12.9. The van der Waals surface area contributed by atoms with Gasteiger partial charge in [0, 0.05) is 11.3 Å². The molecule has 0 fully saturated rings. The smallest absolute Gasteiger partial charge is 0.362 e. The Bertz CT molecular complexity index is 923. The summed E-state index contributed by atoms with van der Waals surface area (Å²) in [4.78, 5) is 14.8. The quantitative estimate of drug-likeness (QED) is 0.714. The van der Waals surface area contributed by atoms with Crippen LogP contribution in [0.4, 0.5) is 4.39 Å². The molecule has 0 bridgehead atoms. The number of pyridine rings is 1. The van der Waals surface area contributed by atoms with Crippen LogP contribution in [0.15, 0.2) is 30.3 Å². The van der Waals surface area contributed by atoms with E-state index in [0.717, 1.165) is 16.7 Å². The van der Waals surface area contributed by atoms with E-state index in [1.165, 1.54) is 6.07 Å². The molecule has 0 saturated carbocycles. The number of H-pyrrole nitrogens is 1. The summed E-state index contributed by atoms with van der Waals surface area (Å²) < 4.78 is 18.6. The number of carboxylic acids is 1. The van der Waals surface area contributed by atoms with E-state index in [4.69, 9.17) is 9.84 Å². The molecule has 0 amide bonds. The maximum absolute atomic E-state index is 13.1. The average molecular weight is 328 g/mol. The predicted octanol–water partition coefficient (Wildman–Crippen LogP) is 3.11. The van der Waals surface area contributed by atoms with Gasteiger partial charge in [0.15, 0.2) is 0 Å². The van der Waals surface area contributed by atoms with Gasteiger partial charge in [-0.05, 0) is 49.2 Å². The van der Waals surface area contributed by atoms with E-state index < -0.39 is 11.9 Å². The minimum absolute atomic E-state index is 0.0470. The number of hydrogen-bond acceptors (Lipinski definition) is 5. The number of aromatic amines is 1. The van der Waals surface area contributed by atoms with Crippen LogP contribution in [0.25, 0.3) is 11.1 Å². The second kappa shape index (κ2) is 6.07. The summed E-state index contributed by atoms with van der Waals surface area (Å²) in [5, 5.41) is 18.3. The van der Waals surface area contributed by atoms with Crippen LogP contribution in [0.1, 0.15) is 21.7 Å². The summed E-state index contributed by atoms with van der Waals surface area (Å²) in [5.41, 5.74) is 2.85. The van der Waals surface area contributed by atoms with Gasteiger partial charge in [-0.2, -0.15) is 4.39 Å². The molecule has 0 aliphatic heterocycles. The summed E-state index contributed by atoms with van der Waals surface area (Å²) in [7, 11) is 0. The molecule has 3 aromatic rings. The summed E-state index contributed by atoms with van der Waals surface area (Å²) >= 11 is 0. The van der Waals surface area contributed by atoms with Crippen molar-refractivity contribution in [3.8, 4) is 22.8 Å². The fourth-order valence-corrected chi connectivity index (χ4v) is 2.36. The van der Waals surface area contributed by atoms with Gasteiger partial charge in [0.25, 0.3) is 5.88 Å². The number of rotatable bonds is 4. The third kappa shape index (κ3) is 2.94. The first-order valence-electron chi connectivity index (χ1n) is 7.02. The van der Waals surface area contributed by atoms with Crippen LogP contribution in [0, 0.1) is 19.8 Å². The van der Waals surface area contributed by atoms with Gasteiger partial charge >= 0.3 is 5.97 Å². The molecule has 0 atom stereocenters. The lowest BCUT2D eigenvalue weighted by molar-refractivity contribution is 0.0687. The number of aromatic nitrogens is 4. The number of benzene rings is 1. The molecule has 2 aromatic heterocycles. The SMILES string of the molecule is Cc1cc(Oc2[nH]nnc2C(=O)O)ccc1-c1ccc(F)nc1C. The third-order valence-corrected chi connectivity index (χ3v) is 3.48. The van der Waals surface area contributed by atoms with Crippen LogP contribution in [0.5, 0.6) is 11.6 Å². The molecule has 3 rings (SSSR count). The van der Waals surface area contributed by atoms with Crippen molar-refractivity contribution in [2.75, 3.05) is 0 Å². The second-order valence-electron chi connectivity index (χ2n) is 5.14. The van der Waals surface area contributed by atoms with Crippen molar-refractivity contribution in [1.82, 2.24) is 20.4 Å². The highest BCUT2D eigenvalue weighted by atomic mass is 19.1. The van der Waals surface area contributed by atoms with E-state index in [0.29, 0.717) is 11.4 Å². The lowest BCUT2D eigenvalue weighted by Crippen LogP contribution is -2.00. The summed E-state index contributed by atoms with van der Waals surface area (Å²) in [5.74, 6) is -1.38. The number of halogens is 1. The van der Waals surface area contributed by atoms with Gasteiger partial charge in [0.1, 0.15) is 5.75 Å². The molecular weight excluding hydrogens is 315 g/mol. The molecule has 2 heterocycles. The maximum atomic E-state index is 13.1. The molecule has 0 spiro atoms. The lowest BCUT2D eigenvalue weighted by Gasteiger charge is -2.11. The first-order chi connectivity index (χ1) is 11.5. The second-order valence-corrected chi connectivity index (χ2v) is 5.14. The van der Waals surface area contributed by atoms with E-state index in [1.807, 2.05) is 6.92 Å². The molecule has 8 heteroatoms. The number of ether oxygens (including phenoxy) is 1. The molecule has 7 nitrogen and oxygen atoms in total. The minimum atomic E-state index is -1.24. The van der Waals surface area contributed by atoms with E-state index in [-0.39, 0.29) is 11.6 Å². The van der Waals surface area contributed by atoms with E-state index in [9.17, 15) is 9.18 Å². The number of hydrogen-bond donors (Lipinski definition) is 2. The van der Waals surface area contributed by atoms with Crippen molar-refractivity contribution in [2.24, 2.45) is 0 Å². The molecular formula is C16H13FN4O3. The van der Waals surface area contributed by atoms with Crippen molar-refractivity contribution in [1.29, 1.82) is 0 Å². The van der Waals surface area contributed by atoms with Crippen molar-refractivity contribution in [2.45, 2.75) is 13.8 Å². The number of carbonyl (C=O) groups is 1. The van der Waals surface area contributed by atoms with Crippen molar-refractivity contribution >= 4 is 5.97 Å². The van der Waals surface area contributed by atoms with Crippen molar-refractivity contribution in [3.63, 3.8) is 0 Å². The number of aryl methyl sites for hydroxylation is 2. The number of nitrogens with one attached hydrogen (secondary N) is 1. The van der Waals surface area contributed by atoms with Crippen LogP contribution >= 0.6 is 0 Å². The van der Waals surface area contributed by atoms with Gasteiger partial charge in [-0.1, -0.05) is 11.3 Å². The number of carboxylic acid groups (broad SMARTS) is 1. The van der Waals surface area contributed by atoms with Crippen LogP contribution in [-0.4, -0.2) is 31.5 Å². The molecule has 0 aliphatic carbocycles. The maximum Gasteiger partial charge on any atom is 0.362 e. The van der Waals surface area contributed by atoms with E-state index in [2.05, 4.69) is 20.4 Å². The van der Waals surface area contributed by atoms with Crippen LogP contribution in [-0.2, 0) is 0 Å². The van der Waals surface area contributed by atoms with Gasteiger partial charge in [0.2, 0.25) is 11.6 Å². The molecule has 0 radical (unpaired) electrons. The molecule has 24 heavy (non-hydrogen) atoms. The Morgan fingerprint density at radius 3 is 2.62 bits per heavy atom. The first-order valence-corrected chi connectivity index (χ1v) is 7.02. The standard InChI is InChI=1S/C16H13FN4O3/c1-8-7-10(24-15-14(16(22)23)19-21-20-15)3-4-11(8)12-5-6-13(17)18-9(12)2/h3-7H,1-2H3,(H,22,23)(H,19,20,21). The average Bonchev–Trinajstić information content (AvgIpc) is 2.97. The van der Waals surface area contributed by atoms with Crippen molar-refractivity contribution in [3.05, 3.63) is 53.2 Å². The highest BCUT2D eigenvalue weighted by Crippen LogP contribution is 2.30. The van der Waals surface area contributed by atoms with Crippen LogP contribution in [0.2, 0.25) is 0 Å². The zero-order valence-corrected chi connectivity index (χ0v) is 12.9. The first kappa shape index (κ1) is 15.6. The highest BCUT2D eigenvalue weighted by molar-refractivity contribution is 5.87. The highest BCUT2D eigenvalue weighted by Gasteiger charge is 2.17. The largest absolute Gasteiger partial charge is 0.476 e. The Morgan fingerprint density at radius 2 is 1.96 bits per heavy atom. The summed E-state index contributed by atoms with van der Waals surface area (Å²) in [6.45, 7) is 3.60. The molecule has 122 valence electrons. The number of aromatic carboxylic acids is 1. The topological polar surface area (TPSA) is 101 Å². The van der Waals surface area contributed by atoms with Crippen LogP contribution < -0.4 is 4.74 Å². The Hall–Kier alpha value is -3.29. The fourth-order valence-electron chi connectivity index (χ4n) is 2.36. The Kier molecular flexibility index (Phi) is 3.95. The van der Waals surface area contributed by atoms with Gasteiger partial charge in [-0.25, -0.2) is 14.9 Å². The zero-order chi connectivity index (χ0) is 17.3. The molecule has 0 unspecified atom stereocenters. The van der Waals surface area contributed by atoms with E-state index >= 15 is 0 Å². The monoisotopic (exact) mass is 328 g/mol. The van der Waals surface area contributed by atoms with Gasteiger partial charge in [-0.3, -0.25) is 0 Å². The predicted molar refractivity (Wildman–Crippen MR) is 82.5 cm³/mol. The van der Waals surface area contributed by atoms with E-state index in [1.54, 1.807) is 31.2 Å². The lowest BCUT2D eigenvalue weighted by atomic mass is 9.99. The normalized spacial score (nSPS) is 10.6. The van der Waals surface area contributed by atoms with Gasteiger partial charge < -0.3 is 9.84 Å². The summed E-state index contributed by atoms with van der Waals surface area (Å²) in [6.07, 6.45) is 0. The fraction of sp³-hybridized carbons (Fsp3) is 0.125. The Labute approximate surface area is 136 Å². The number of nitrogens with zero attached hydrogens (tertiary/aromatic N) is 3. The molecule has 2 N–H and O–H groups in total. The summed E-state index contributed by atoms with van der Waals surface area (Å²) in [6, 6.07) is 8.20. The van der Waals surface area contributed by atoms with Gasteiger partial charge in [-0.15, -0.1) is 5.10 Å².